The second kappa shape index (κ2) is 6.19. The number of ether oxygens (including phenoxy) is 1. The van der Waals surface area contributed by atoms with Gasteiger partial charge in [-0.2, -0.15) is 0 Å². The first-order valence-electron chi connectivity index (χ1n) is 7.43. The summed E-state index contributed by atoms with van der Waals surface area (Å²) in [7, 11) is 1.90. The molecule has 116 valence electrons. The van der Waals surface area contributed by atoms with Gasteiger partial charge >= 0.3 is 0 Å². The van der Waals surface area contributed by atoms with Crippen molar-refractivity contribution in [3.8, 4) is 17.0 Å². The Morgan fingerprint density at radius 3 is 2.82 bits per heavy atom. The molecule has 3 N–H and O–H groups in total. The van der Waals surface area contributed by atoms with E-state index in [-0.39, 0.29) is 6.10 Å². The Morgan fingerprint density at radius 1 is 1.41 bits per heavy atom. The third-order valence-corrected chi connectivity index (χ3v) is 3.83. The summed E-state index contributed by atoms with van der Waals surface area (Å²) in [5, 5.41) is 3.29. The normalized spacial score (nSPS) is 15.7. The molecule has 1 saturated heterocycles. The first kappa shape index (κ1) is 14.6. The molecule has 0 spiro atoms. The van der Waals surface area contributed by atoms with Crippen LogP contribution in [0.4, 0.5) is 0 Å². The molecular weight excluding hydrogens is 280 g/mol. The molecule has 6 nitrogen and oxygen atoms in total. The zero-order valence-electron chi connectivity index (χ0n) is 12.6. The lowest BCUT2D eigenvalue weighted by Crippen LogP contribution is -2.34. The monoisotopic (exact) mass is 300 g/mol. The molecule has 1 aliphatic heterocycles. The van der Waals surface area contributed by atoms with Gasteiger partial charge in [0.25, 0.3) is 5.91 Å². The fourth-order valence-corrected chi connectivity index (χ4v) is 2.64. The highest BCUT2D eigenvalue weighted by Crippen LogP contribution is 2.27. The van der Waals surface area contributed by atoms with E-state index in [1.807, 2.05) is 29.9 Å². The molecule has 0 radical (unpaired) electrons. The van der Waals surface area contributed by atoms with Crippen LogP contribution < -0.4 is 15.8 Å². The number of carbonyl (C=O) groups is 1. The molecule has 0 unspecified atom stereocenters. The van der Waals surface area contributed by atoms with E-state index in [0.29, 0.717) is 11.3 Å². The number of carbonyl (C=O) groups excluding carboxylic acids is 1. The average Bonchev–Trinajstić information content (AvgIpc) is 2.95. The lowest BCUT2D eigenvalue weighted by atomic mass is 10.1. The van der Waals surface area contributed by atoms with E-state index in [4.69, 9.17) is 10.5 Å². The van der Waals surface area contributed by atoms with E-state index in [1.165, 1.54) is 0 Å². The minimum Gasteiger partial charge on any atom is -0.489 e. The molecule has 1 aromatic carbocycles. The van der Waals surface area contributed by atoms with Gasteiger partial charge in [0.2, 0.25) is 0 Å². The van der Waals surface area contributed by atoms with Crippen molar-refractivity contribution in [2.24, 2.45) is 12.8 Å². The molecule has 2 aromatic rings. The van der Waals surface area contributed by atoms with E-state index in [9.17, 15) is 4.79 Å². The Labute approximate surface area is 129 Å². The van der Waals surface area contributed by atoms with Gasteiger partial charge in [-0.25, -0.2) is 4.98 Å². The largest absolute Gasteiger partial charge is 0.489 e. The van der Waals surface area contributed by atoms with Gasteiger partial charge in [0.1, 0.15) is 11.9 Å². The minimum atomic E-state index is -0.485. The van der Waals surface area contributed by atoms with Gasteiger partial charge in [0.15, 0.2) is 0 Å². The highest BCUT2D eigenvalue weighted by molar-refractivity contribution is 5.96. The predicted octanol–water partition coefficient (Wildman–Crippen LogP) is 1.32. The number of benzene rings is 1. The Hall–Kier alpha value is -2.34. The predicted molar refractivity (Wildman–Crippen MR) is 83.7 cm³/mol. The zero-order valence-corrected chi connectivity index (χ0v) is 12.6. The number of primary amides is 1. The smallest absolute Gasteiger partial charge is 0.252 e. The molecule has 22 heavy (non-hydrogen) atoms. The Bertz CT molecular complexity index is 675. The van der Waals surface area contributed by atoms with E-state index in [0.717, 1.165) is 37.2 Å². The number of hydrogen-bond acceptors (Lipinski definition) is 4. The third kappa shape index (κ3) is 3.12. The first-order chi connectivity index (χ1) is 10.6. The summed E-state index contributed by atoms with van der Waals surface area (Å²) in [5.74, 6) is 0.0702. The van der Waals surface area contributed by atoms with Gasteiger partial charge in [0, 0.05) is 18.8 Å². The van der Waals surface area contributed by atoms with Crippen molar-refractivity contribution in [2.45, 2.75) is 18.9 Å². The van der Waals surface area contributed by atoms with Crippen molar-refractivity contribution in [2.75, 3.05) is 13.1 Å². The van der Waals surface area contributed by atoms with Crippen LogP contribution in [0.15, 0.2) is 30.7 Å². The lowest BCUT2D eigenvalue weighted by molar-refractivity contribution is 0.0989. The third-order valence-electron chi connectivity index (χ3n) is 3.83. The molecule has 2 heterocycles. The maximum Gasteiger partial charge on any atom is 0.252 e. The SMILES string of the molecule is Cn1cnc(-c2ccc(OC3CCNCC3)c(C(N)=O)c2)c1. The van der Waals surface area contributed by atoms with Crippen molar-refractivity contribution in [3.63, 3.8) is 0 Å². The molecule has 6 heteroatoms. The van der Waals surface area contributed by atoms with Crippen LogP contribution in [0.2, 0.25) is 0 Å². The number of amides is 1. The van der Waals surface area contributed by atoms with Crippen molar-refractivity contribution in [3.05, 3.63) is 36.3 Å². The highest BCUT2D eigenvalue weighted by atomic mass is 16.5. The molecule has 0 saturated carbocycles. The highest BCUT2D eigenvalue weighted by Gasteiger charge is 2.18. The maximum absolute atomic E-state index is 11.8. The maximum atomic E-state index is 11.8. The number of nitrogens with two attached hydrogens (primary N) is 1. The molecule has 1 amide bonds. The fourth-order valence-electron chi connectivity index (χ4n) is 2.64. The number of aryl methyl sites for hydroxylation is 1. The summed E-state index contributed by atoms with van der Waals surface area (Å²) in [5.41, 5.74) is 7.58. The summed E-state index contributed by atoms with van der Waals surface area (Å²) in [6.07, 6.45) is 5.60. The number of aromatic nitrogens is 2. The molecule has 1 fully saturated rings. The van der Waals surface area contributed by atoms with Crippen molar-refractivity contribution >= 4 is 5.91 Å². The second-order valence-electron chi connectivity index (χ2n) is 5.57. The summed E-state index contributed by atoms with van der Waals surface area (Å²) in [6.45, 7) is 1.87. The topological polar surface area (TPSA) is 82.2 Å². The van der Waals surface area contributed by atoms with Crippen LogP contribution in [0.1, 0.15) is 23.2 Å². The van der Waals surface area contributed by atoms with Gasteiger partial charge in [-0.1, -0.05) is 0 Å². The number of hydrogen-bond donors (Lipinski definition) is 2. The fraction of sp³-hybridized carbons (Fsp3) is 0.375. The summed E-state index contributed by atoms with van der Waals surface area (Å²) < 4.78 is 7.84. The van der Waals surface area contributed by atoms with E-state index in [2.05, 4.69) is 10.3 Å². The van der Waals surface area contributed by atoms with Crippen LogP contribution in [0.3, 0.4) is 0 Å². The van der Waals surface area contributed by atoms with Crippen LogP contribution in [-0.2, 0) is 7.05 Å². The van der Waals surface area contributed by atoms with Gasteiger partial charge in [-0.15, -0.1) is 0 Å². The quantitative estimate of drug-likeness (QED) is 0.892. The zero-order chi connectivity index (χ0) is 15.5. The summed E-state index contributed by atoms with van der Waals surface area (Å²) in [4.78, 5) is 16.1. The number of imidazole rings is 1. The van der Waals surface area contributed by atoms with E-state index >= 15 is 0 Å². The number of rotatable bonds is 4. The second-order valence-corrected chi connectivity index (χ2v) is 5.57. The molecule has 0 aliphatic carbocycles. The molecule has 1 aromatic heterocycles. The summed E-state index contributed by atoms with van der Waals surface area (Å²) >= 11 is 0. The van der Waals surface area contributed by atoms with Gasteiger partial charge in [-0.3, -0.25) is 4.79 Å². The Kier molecular flexibility index (Phi) is 4.11. The molecule has 0 bridgehead atoms. The van der Waals surface area contributed by atoms with Crippen LogP contribution in [-0.4, -0.2) is 34.7 Å². The van der Waals surface area contributed by atoms with Gasteiger partial charge in [0.05, 0.1) is 17.6 Å². The Morgan fingerprint density at radius 2 is 2.18 bits per heavy atom. The minimum absolute atomic E-state index is 0.125. The standard InChI is InChI=1S/C16H20N4O2/c1-20-9-14(19-10-20)11-2-3-15(13(8-11)16(17)21)22-12-4-6-18-7-5-12/h2-3,8-10,12,18H,4-7H2,1H3,(H2,17,21). The van der Waals surface area contributed by atoms with E-state index in [1.54, 1.807) is 12.4 Å². The van der Waals surface area contributed by atoms with Gasteiger partial charge < -0.3 is 20.4 Å². The number of nitrogens with zero attached hydrogens (tertiary/aromatic N) is 2. The van der Waals surface area contributed by atoms with Crippen molar-refractivity contribution in [1.29, 1.82) is 0 Å². The van der Waals surface area contributed by atoms with Crippen molar-refractivity contribution < 1.29 is 9.53 Å². The first-order valence-corrected chi connectivity index (χ1v) is 7.43. The van der Waals surface area contributed by atoms with Gasteiger partial charge in [-0.05, 0) is 44.1 Å². The summed E-state index contributed by atoms with van der Waals surface area (Å²) in [6, 6.07) is 5.47. The van der Waals surface area contributed by atoms with Crippen LogP contribution in [0.25, 0.3) is 11.3 Å². The molecule has 3 rings (SSSR count). The van der Waals surface area contributed by atoms with Crippen LogP contribution in [0.5, 0.6) is 5.75 Å². The number of piperidine rings is 1. The van der Waals surface area contributed by atoms with Crippen LogP contribution >= 0.6 is 0 Å². The van der Waals surface area contributed by atoms with Crippen molar-refractivity contribution in [1.82, 2.24) is 14.9 Å². The Balaban J connectivity index is 1.88. The molecule has 0 atom stereocenters. The number of nitrogens with one attached hydrogen (secondary N) is 1. The molecule has 1 aliphatic rings. The van der Waals surface area contributed by atoms with Crippen LogP contribution in [0, 0.1) is 0 Å². The molecular formula is C16H20N4O2. The van der Waals surface area contributed by atoms with E-state index < -0.39 is 5.91 Å². The lowest BCUT2D eigenvalue weighted by Gasteiger charge is -2.24. The average molecular weight is 300 g/mol.